The number of likely N-dealkylation sites (tertiary alicyclic amines) is 2. The van der Waals surface area contributed by atoms with Gasteiger partial charge in [0.1, 0.15) is 5.03 Å². The number of nitrogens with zero attached hydrogens (tertiary/aromatic N) is 4. The number of piperidine rings is 2. The van der Waals surface area contributed by atoms with Crippen LogP contribution in [-0.4, -0.2) is 76.2 Å². The van der Waals surface area contributed by atoms with Gasteiger partial charge < -0.3 is 15.7 Å². The highest BCUT2D eigenvalue weighted by Crippen LogP contribution is 2.42. The summed E-state index contributed by atoms with van der Waals surface area (Å²) >= 11 is 1.67. The smallest absolute Gasteiger partial charge is 0.317 e. The summed E-state index contributed by atoms with van der Waals surface area (Å²) in [5.74, 6) is 0.782. The van der Waals surface area contributed by atoms with E-state index in [4.69, 9.17) is 5.11 Å². The molecule has 3 aliphatic rings. The third kappa shape index (κ3) is 5.84. The SMILES string of the molecule is O=C(O)CN1CCC(NCC2CCCN(Cc3ccc4c(c3)Nc3nccnc3S4)C2)CC1. The zero-order chi connectivity index (χ0) is 22.6. The molecule has 3 aliphatic heterocycles. The minimum Gasteiger partial charge on any atom is -0.480 e. The molecule has 33 heavy (non-hydrogen) atoms. The molecule has 1 atom stereocenters. The fraction of sp³-hybridized carbons (Fsp3) is 0.542. The molecule has 4 heterocycles. The summed E-state index contributed by atoms with van der Waals surface area (Å²) in [4.78, 5) is 25.5. The van der Waals surface area contributed by atoms with Crippen LogP contribution in [0.4, 0.5) is 11.5 Å². The first-order valence-electron chi connectivity index (χ1n) is 11.9. The predicted molar refractivity (Wildman–Crippen MR) is 129 cm³/mol. The average Bonchev–Trinajstić information content (AvgIpc) is 2.82. The molecule has 0 bridgehead atoms. The lowest BCUT2D eigenvalue weighted by molar-refractivity contribution is -0.138. The fourth-order valence-corrected chi connectivity index (χ4v) is 6.00. The summed E-state index contributed by atoms with van der Waals surface area (Å²) in [6.45, 7) is 6.22. The number of fused-ring (bicyclic) bond motifs is 2. The summed E-state index contributed by atoms with van der Waals surface area (Å²) in [6.07, 6.45) is 8.05. The molecule has 0 saturated carbocycles. The molecule has 2 aromatic rings. The fourth-order valence-electron chi connectivity index (χ4n) is 5.12. The second-order valence-corrected chi connectivity index (χ2v) is 10.4. The van der Waals surface area contributed by atoms with Gasteiger partial charge in [-0.3, -0.25) is 14.6 Å². The van der Waals surface area contributed by atoms with Gasteiger partial charge in [-0.2, -0.15) is 0 Å². The van der Waals surface area contributed by atoms with E-state index in [1.165, 1.54) is 23.3 Å². The molecule has 1 aromatic carbocycles. The molecule has 1 aromatic heterocycles. The summed E-state index contributed by atoms with van der Waals surface area (Å²) in [5.41, 5.74) is 2.45. The van der Waals surface area contributed by atoms with Gasteiger partial charge in [0, 0.05) is 49.5 Å². The molecule has 9 heteroatoms. The van der Waals surface area contributed by atoms with Crippen molar-refractivity contribution in [2.75, 3.05) is 44.6 Å². The Hall–Kier alpha value is -2.20. The van der Waals surface area contributed by atoms with Crippen LogP contribution in [-0.2, 0) is 11.3 Å². The Kier molecular flexibility index (Phi) is 7.10. The van der Waals surface area contributed by atoms with Crippen LogP contribution in [0.15, 0.2) is 40.5 Å². The van der Waals surface area contributed by atoms with E-state index in [1.807, 2.05) is 4.90 Å². The lowest BCUT2D eigenvalue weighted by Gasteiger charge is -2.35. The molecular weight excluding hydrogens is 436 g/mol. The Balaban J connectivity index is 1.10. The molecular formula is C24H32N6O2S. The molecule has 3 N–H and O–H groups in total. The summed E-state index contributed by atoms with van der Waals surface area (Å²) < 4.78 is 0. The van der Waals surface area contributed by atoms with Crippen molar-refractivity contribution in [3.05, 3.63) is 36.2 Å². The number of carboxylic acid groups (broad SMARTS) is 1. The van der Waals surface area contributed by atoms with Crippen molar-refractivity contribution in [2.24, 2.45) is 5.92 Å². The first-order valence-corrected chi connectivity index (χ1v) is 12.7. The number of anilines is 2. The van der Waals surface area contributed by atoms with E-state index in [1.54, 1.807) is 24.2 Å². The molecule has 5 rings (SSSR count). The lowest BCUT2D eigenvalue weighted by Crippen LogP contribution is -2.47. The number of carbonyl (C=O) groups is 1. The number of nitrogens with one attached hydrogen (secondary N) is 2. The summed E-state index contributed by atoms with van der Waals surface area (Å²) in [5, 5.41) is 17.1. The van der Waals surface area contributed by atoms with Gasteiger partial charge in [0.15, 0.2) is 5.82 Å². The molecule has 0 aliphatic carbocycles. The number of hydrogen-bond donors (Lipinski definition) is 3. The van der Waals surface area contributed by atoms with Gasteiger partial charge in [-0.25, -0.2) is 9.97 Å². The van der Waals surface area contributed by atoms with E-state index in [9.17, 15) is 4.79 Å². The lowest BCUT2D eigenvalue weighted by atomic mass is 9.96. The van der Waals surface area contributed by atoms with Crippen LogP contribution in [0.25, 0.3) is 0 Å². The number of benzene rings is 1. The van der Waals surface area contributed by atoms with Crippen molar-refractivity contribution in [3.8, 4) is 0 Å². The molecule has 2 saturated heterocycles. The number of rotatable bonds is 7. The van der Waals surface area contributed by atoms with E-state index in [2.05, 4.69) is 43.7 Å². The Bertz CT molecular complexity index is 981. The van der Waals surface area contributed by atoms with Gasteiger partial charge in [-0.15, -0.1) is 0 Å². The predicted octanol–water partition coefficient (Wildman–Crippen LogP) is 3.04. The van der Waals surface area contributed by atoms with Crippen LogP contribution >= 0.6 is 11.8 Å². The Morgan fingerprint density at radius 2 is 2.00 bits per heavy atom. The third-order valence-corrected chi connectivity index (χ3v) is 7.89. The Labute approximate surface area is 199 Å². The van der Waals surface area contributed by atoms with Crippen molar-refractivity contribution >= 4 is 29.2 Å². The van der Waals surface area contributed by atoms with Crippen molar-refractivity contribution in [3.63, 3.8) is 0 Å². The zero-order valence-corrected chi connectivity index (χ0v) is 19.7. The molecule has 176 valence electrons. The first kappa shape index (κ1) is 22.6. The number of aliphatic carboxylic acids is 1. The van der Waals surface area contributed by atoms with E-state index in [-0.39, 0.29) is 6.54 Å². The van der Waals surface area contributed by atoms with Crippen LogP contribution in [0.1, 0.15) is 31.2 Å². The monoisotopic (exact) mass is 468 g/mol. The van der Waals surface area contributed by atoms with E-state index >= 15 is 0 Å². The quantitative estimate of drug-likeness (QED) is 0.484. The second-order valence-electron chi connectivity index (χ2n) is 9.36. The van der Waals surface area contributed by atoms with Crippen molar-refractivity contribution in [1.29, 1.82) is 0 Å². The zero-order valence-electron chi connectivity index (χ0n) is 18.9. The molecule has 0 amide bonds. The maximum atomic E-state index is 10.9. The first-order chi connectivity index (χ1) is 16.1. The van der Waals surface area contributed by atoms with E-state index in [0.717, 1.165) is 68.6 Å². The van der Waals surface area contributed by atoms with Crippen molar-refractivity contribution < 1.29 is 9.90 Å². The number of carboxylic acids is 1. The minimum absolute atomic E-state index is 0.168. The molecule has 8 nitrogen and oxygen atoms in total. The van der Waals surface area contributed by atoms with Gasteiger partial charge in [-0.05, 0) is 62.4 Å². The van der Waals surface area contributed by atoms with Gasteiger partial charge in [-0.1, -0.05) is 17.8 Å². The molecule has 1 unspecified atom stereocenters. The highest BCUT2D eigenvalue weighted by atomic mass is 32.2. The maximum absolute atomic E-state index is 10.9. The van der Waals surface area contributed by atoms with Gasteiger partial charge in [0.05, 0.1) is 12.2 Å². The van der Waals surface area contributed by atoms with Crippen molar-refractivity contribution in [1.82, 2.24) is 25.1 Å². The standard InChI is InChI=1S/C24H32N6O2S/c31-22(32)16-29-10-5-19(6-11-29)27-13-18-2-1-9-30(15-18)14-17-3-4-21-20(12-17)28-23-24(33-21)26-8-7-25-23/h3-4,7-8,12,18-19,27H,1-2,5-6,9-11,13-16H2,(H,25,28)(H,31,32). The third-order valence-electron chi connectivity index (χ3n) is 6.82. The normalized spacial score (nSPS) is 21.8. The van der Waals surface area contributed by atoms with Crippen LogP contribution in [0, 0.1) is 5.92 Å². The van der Waals surface area contributed by atoms with E-state index in [0.29, 0.717) is 12.0 Å². The summed E-state index contributed by atoms with van der Waals surface area (Å²) in [7, 11) is 0. The highest BCUT2D eigenvalue weighted by molar-refractivity contribution is 7.99. The van der Waals surface area contributed by atoms with Crippen LogP contribution in [0.5, 0.6) is 0 Å². The van der Waals surface area contributed by atoms with Gasteiger partial charge in [0.25, 0.3) is 0 Å². The largest absolute Gasteiger partial charge is 0.480 e. The molecule has 2 fully saturated rings. The summed E-state index contributed by atoms with van der Waals surface area (Å²) in [6, 6.07) is 7.20. The van der Waals surface area contributed by atoms with Gasteiger partial charge >= 0.3 is 5.97 Å². The number of hydrogen-bond acceptors (Lipinski definition) is 8. The van der Waals surface area contributed by atoms with Gasteiger partial charge in [0.2, 0.25) is 0 Å². The van der Waals surface area contributed by atoms with Crippen LogP contribution in [0.2, 0.25) is 0 Å². The van der Waals surface area contributed by atoms with Crippen molar-refractivity contribution in [2.45, 2.75) is 48.2 Å². The second kappa shape index (κ2) is 10.4. The molecule has 0 spiro atoms. The van der Waals surface area contributed by atoms with Crippen LogP contribution in [0.3, 0.4) is 0 Å². The minimum atomic E-state index is -0.726. The maximum Gasteiger partial charge on any atom is 0.317 e. The Morgan fingerprint density at radius 1 is 1.15 bits per heavy atom. The Morgan fingerprint density at radius 3 is 2.85 bits per heavy atom. The molecule has 0 radical (unpaired) electrons. The average molecular weight is 469 g/mol. The highest BCUT2D eigenvalue weighted by Gasteiger charge is 2.24. The van der Waals surface area contributed by atoms with E-state index < -0.39 is 5.97 Å². The topological polar surface area (TPSA) is 93.6 Å². The van der Waals surface area contributed by atoms with Crippen LogP contribution < -0.4 is 10.6 Å². The number of aromatic nitrogens is 2.